The van der Waals surface area contributed by atoms with Crippen LogP contribution in [-0.2, 0) is 6.42 Å². The Morgan fingerprint density at radius 2 is 1.62 bits per heavy atom. The van der Waals surface area contributed by atoms with Gasteiger partial charge in [0.05, 0.1) is 11.4 Å². The third-order valence-corrected chi connectivity index (χ3v) is 4.16. The number of aryl methyl sites for hydroxylation is 1. The molecule has 0 radical (unpaired) electrons. The molecule has 1 aromatic heterocycles. The van der Waals surface area contributed by atoms with Gasteiger partial charge in [-0.2, -0.15) is 5.10 Å². The average Bonchev–Trinajstić information content (AvgIpc) is 2.98. The second kappa shape index (κ2) is 7.07. The van der Waals surface area contributed by atoms with Gasteiger partial charge in [-0.15, -0.1) is 0 Å². The first kappa shape index (κ1) is 16.6. The minimum atomic E-state index is -0.210. The van der Waals surface area contributed by atoms with Gasteiger partial charge >= 0.3 is 0 Å². The van der Waals surface area contributed by atoms with Crippen LogP contribution in [0.15, 0.2) is 48.5 Å². The van der Waals surface area contributed by atoms with E-state index >= 15 is 0 Å². The van der Waals surface area contributed by atoms with Crippen molar-refractivity contribution in [3.05, 3.63) is 69.8 Å². The van der Waals surface area contributed by atoms with Crippen LogP contribution in [0.5, 0.6) is 0 Å². The standard InChI is InChI=1S/C18H15Cl2N3O/c1-2-15-17(21-18(24)12-5-9-14(20)10-6-12)16(23-22-15)11-3-7-13(19)8-4-11/h3-10H,2H2,1H3,(H,21,24)(H,22,23). The number of amides is 1. The Morgan fingerprint density at radius 1 is 1.04 bits per heavy atom. The lowest BCUT2D eigenvalue weighted by atomic mass is 10.1. The largest absolute Gasteiger partial charge is 0.319 e. The fourth-order valence-corrected chi connectivity index (χ4v) is 2.62. The number of anilines is 1. The minimum absolute atomic E-state index is 0.210. The van der Waals surface area contributed by atoms with E-state index in [9.17, 15) is 4.79 Å². The van der Waals surface area contributed by atoms with Crippen LogP contribution in [-0.4, -0.2) is 16.1 Å². The summed E-state index contributed by atoms with van der Waals surface area (Å²) in [5.41, 5.74) is 3.64. The first-order valence-corrected chi connectivity index (χ1v) is 8.24. The maximum absolute atomic E-state index is 12.5. The number of hydrogen-bond donors (Lipinski definition) is 2. The zero-order valence-electron chi connectivity index (χ0n) is 12.9. The highest BCUT2D eigenvalue weighted by molar-refractivity contribution is 6.31. The lowest BCUT2D eigenvalue weighted by Gasteiger charge is -2.08. The molecule has 4 nitrogen and oxygen atoms in total. The first-order valence-electron chi connectivity index (χ1n) is 7.48. The third-order valence-electron chi connectivity index (χ3n) is 3.66. The summed E-state index contributed by atoms with van der Waals surface area (Å²) in [4.78, 5) is 12.5. The summed E-state index contributed by atoms with van der Waals surface area (Å²) in [5, 5.41) is 11.5. The van der Waals surface area contributed by atoms with Crippen molar-refractivity contribution in [2.75, 3.05) is 5.32 Å². The van der Waals surface area contributed by atoms with Crippen LogP contribution in [0, 0.1) is 0 Å². The summed E-state index contributed by atoms with van der Waals surface area (Å²) in [6.45, 7) is 2.00. The molecule has 1 amide bonds. The number of nitrogens with zero attached hydrogens (tertiary/aromatic N) is 1. The van der Waals surface area contributed by atoms with E-state index in [0.29, 0.717) is 27.0 Å². The molecule has 2 aromatic carbocycles. The number of carbonyl (C=O) groups excluding carboxylic acids is 1. The predicted octanol–water partition coefficient (Wildman–Crippen LogP) is 5.20. The molecule has 0 atom stereocenters. The third kappa shape index (κ3) is 3.45. The minimum Gasteiger partial charge on any atom is -0.319 e. The molecule has 2 N–H and O–H groups in total. The van der Waals surface area contributed by atoms with E-state index in [1.807, 2.05) is 19.1 Å². The van der Waals surface area contributed by atoms with Crippen LogP contribution in [0.3, 0.4) is 0 Å². The molecule has 6 heteroatoms. The molecule has 3 rings (SSSR count). The molecule has 0 saturated carbocycles. The average molecular weight is 360 g/mol. The Bertz CT molecular complexity index is 855. The number of aromatic amines is 1. The lowest BCUT2D eigenvalue weighted by molar-refractivity contribution is 0.102. The zero-order chi connectivity index (χ0) is 17.1. The SMILES string of the molecule is CCc1[nH]nc(-c2ccc(Cl)cc2)c1NC(=O)c1ccc(Cl)cc1. The van der Waals surface area contributed by atoms with E-state index in [1.54, 1.807) is 36.4 Å². The molecule has 0 aliphatic heterocycles. The van der Waals surface area contributed by atoms with Crippen LogP contribution in [0.1, 0.15) is 23.0 Å². The Labute approximate surface area is 149 Å². The van der Waals surface area contributed by atoms with Gasteiger partial charge in [0.15, 0.2) is 0 Å². The van der Waals surface area contributed by atoms with Crippen molar-refractivity contribution in [3.8, 4) is 11.3 Å². The van der Waals surface area contributed by atoms with Crippen molar-refractivity contribution in [2.24, 2.45) is 0 Å². The fourth-order valence-electron chi connectivity index (χ4n) is 2.37. The molecule has 0 aliphatic carbocycles. The number of H-pyrrole nitrogens is 1. The number of aromatic nitrogens is 2. The van der Waals surface area contributed by atoms with Crippen molar-refractivity contribution >= 4 is 34.8 Å². The lowest BCUT2D eigenvalue weighted by Crippen LogP contribution is -2.13. The van der Waals surface area contributed by atoms with Crippen LogP contribution in [0.2, 0.25) is 10.0 Å². The van der Waals surface area contributed by atoms with Crippen LogP contribution < -0.4 is 5.32 Å². The quantitative estimate of drug-likeness (QED) is 0.672. The molecule has 24 heavy (non-hydrogen) atoms. The highest BCUT2D eigenvalue weighted by Crippen LogP contribution is 2.30. The van der Waals surface area contributed by atoms with Gasteiger partial charge in [0.1, 0.15) is 5.69 Å². The molecule has 0 fully saturated rings. The van der Waals surface area contributed by atoms with Crippen molar-refractivity contribution in [3.63, 3.8) is 0 Å². The van der Waals surface area contributed by atoms with Crippen LogP contribution in [0.4, 0.5) is 5.69 Å². The molecule has 0 unspecified atom stereocenters. The van der Waals surface area contributed by atoms with Gasteiger partial charge in [-0.3, -0.25) is 9.89 Å². The second-order valence-corrected chi connectivity index (χ2v) is 6.12. The molecule has 1 heterocycles. The van der Waals surface area contributed by atoms with E-state index in [1.165, 1.54) is 0 Å². The molecule has 0 spiro atoms. The van der Waals surface area contributed by atoms with E-state index in [2.05, 4.69) is 15.5 Å². The van der Waals surface area contributed by atoms with Gasteiger partial charge < -0.3 is 5.32 Å². The number of rotatable bonds is 4. The molecule has 0 bridgehead atoms. The topological polar surface area (TPSA) is 57.8 Å². The van der Waals surface area contributed by atoms with Crippen molar-refractivity contribution in [1.29, 1.82) is 0 Å². The van der Waals surface area contributed by atoms with Crippen molar-refractivity contribution in [2.45, 2.75) is 13.3 Å². The Balaban J connectivity index is 1.94. The fraction of sp³-hybridized carbons (Fsp3) is 0.111. The summed E-state index contributed by atoms with van der Waals surface area (Å²) in [5.74, 6) is -0.210. The molecule has 0 saturated heterocycles. The van der Waals surface area contributed by atoms with Crippen molar-refractivity contribution < 1.29 is 4.79 Å². The number of benzene rings is 2. The monoisotopic (exact) mass is 359 g/mol. The molecule has 122 valence electrons. The van der Waals surface area contributed by atoms with E-state index in [0.717, 1.165) is 17.7 Å². The van der Waals surface area contributed by atoms with E-state index < -0.39 is 0 Å². The predicted molar refractivity (Wildman–Crippen MR) is 97.8 cm³/mol. The van der Waals surface area contributed by atoms with Gasteiger partial charge in [0, 0.05) is 21.2 Å². The number of halogens is 2. The maximum atomic E-state index is 12.5. The first-order chi connectivity index (χ1) is 11.6. The second-order valence-electron chi connectivity index (χ2n) is 5.25. The molecule has 3 aromatic rings. The summed E-state index contributed by atoms with van der Waals surface area (Å²) >= 11 is 11.8. The molecular weight excluding hydrogens is 345 g/mol. The van der Waals surface area contributed by atoms with Gasteiger partial charge in [-0.1, -0.05) is 42.3 Å². The summed E-state index contributed by atoms with van der Waals surface area (Å²) in [7, 11) is 0. The molecular formula is C18H15Cl2N3O. The van der Waals surface area contributed by atoms with Gasteiger partial charge in [0.2, 0.25) is 0 Å². The van der Waals surface area contributed by atoms with Gasteiger partial charge in [0.25, 0.3) is 5.91 Å². The number of nitrogens with one attached hydrogen (secondary N) is 2. The highest BCUT2D eigenvalue weighted by Gasteiger charge is 2.17. The summed E-state index contributed by atoms with van der Waals surface area (Å²) in [6, 6.07) is 14.1. The zero-order valence-corrected chi connectivity index (χ0v) is 14.4. The van der Waals surface area contributed by atoms with Crippen molar-refractivity contribution in [1.82, 2.24) is 10.2 Å². The van der Waals surface area contributed by atoms with Gasteiger partial charge in [-0.25, -0.2) is 0 Å². The molecule has 0 aliphatic rings. The Kier molecular flexibility index (Phi) is 4.88. The Hall–Kier alpha value is -2.30. The van der Waals surface area contributed by atoms with E-state index in [4.69, 9.17) is 23.2 Å². The maximum Gasteiger partial charge on any atom is 0.255 e. The normalized spacial score (nSPS) is 10.6. The van der Waals surface area contributed by atoms with Crippen LogP contribution >= 0.6 is 23.2 Å². The summed E-state index contributed by atoms with van der Waals surface area (Å²) < 4.78 is 0. The number of hydrogen-bond acceptors (Lipinski definition) is 2. The Morgan fingerprint density at radius 3 is 2.21 bits per heavy atom. The number of carbonyl (C=O) groups is 1. The highest BCUT2D eigenvalue weighted by atomic mass is 35.5. The van der Waals surface area contributed by atoms with Gasteiger partial charge in [-0.05, 0) is 42.8 Å². The van der Waals surface area contributed by atoms with E-state index in [-0.39, 0.29) is 5.91 Å². The van der Waals surface area contributed by atoms with Crippen LogP contribution in [0.25, 0.3) is 11.3 Å². The smallest absolute Gasteiger partial charge is 0.255 e. The summed E-state index contributed by atoms with van der Waals surface area (Å²) in [6.07, 6.45) is 0.719.